The summed E-state index contributed by atoms with van der Waals surface area (Å²) in [7, 11) is 1.60. The second kappa shape index (κ2) is 7.61. The van der Waals surface area contributed by atoms with E-state index in [1.54, 1.807) is 25.3 Å². The third-order valence-electron chi connectivity index (χ3n) is 2.63. The molecule has 0 spiro atoms. The van der Waals surface area contributed by atoms with Crippen molar-refractivity contribution in [2.45, 2.75) is 0 Å². The van der Waals surface area contributed by atoms with Crippen LogP contribution < -0.4 is 10.9 Å². The third kappa shape index (κ3) is 4.73. The predicted molar refractivity (Wildman–Crippen MR) is 83.6 cm³/mol. The summed E-state index contributed by atoms with van der Waals surface area (Å²) in [6.45, 7) is 0.537. The number of H-pyrrole nitrogens is 1. The summed E-state index contributed by atoms with van der Waals surface area (Å²) >= 11 is 1.17. The van der Waals surface area contributed by atoms with Gasteiger partial charge in [-0.1, -0.05) is 23.9 Å². The van der Waals surface area contributed by atoms with Crippen LogP contribution in [0.5, 0.6) is 0 Å². The molecule has 21 heavy (non-hydrogen) atoms. The zero-order chi connectivity index (χ0) is 15.1. The minimum atomic E-state index is -0.240. The molecule has 110 valence electrons. The number of nitrogens with zero attached hydrogens (tertiary/aromatic N) is 1. The highest BCUT2D eigenvalue weighted by Gasteiger charge is 2.04. The Balaban J connectivity index is 1.97. The fourth-order valence-electron chi connectivity index (χ4n) is 1.60. The number of rotatable bonds is 5. The van der Waals surface area contributed by atoms with Gasteiger partial charge in [-0.25, -0.2) is 5.10 Å². The van der Waals surface area contributed by atoms with Crippen LogP contribution in [0.2, 0.25) is 0 Å². The van der Waals surface area contributed by atoms with Gasteiger partial charge in [0.25, 0.3) is 10.8 Å². The van der Waals surface area contributed by atoms with Gasteiger partial charge in [0, 0.05) is 30.2 Å². The van der Waals surface area contributed by atoms with E-state index in [0.29, 0.717) is 23.7 Å². The average Bonchev–Trinajstić information content (AvgIpc) is 2.49. The van der Waals surface area contributed by atoms with Crippen LogP contribution in [-0.2, 0) is 4.74 Å². The first-order valence-electron chi connectivity index (χ1n) is 6.28. The summed E-state index contributed by atoms with van der Waals surface area (Å²) in [5.74, 6) is 0.613. The fraction of sp³-hybridized carbons (Fsp3) is 0.214. The molecule has 0 bridgehead atoms. The van der Waals surface area contributed by atoms with E-state index < -0.39 is 0 Å². The van der Waals surface area contributed by atoms with E-state index >= 15 is 0 Å². The zero-order valence-electron chi connectivity index (χ0n) is 11.5. The molecule has 2 N–H and O–H groups in total. The molecule has 0 saturated heterocycles. The van der Waals surface area contributed by atoms with Crippen LogP contribution in [0.3, 0.4) is 0 Å². The van der Waals surface area contributed by atoms with Gasteiger partial charge in [0.2, 0.25) is 0 Å². The van der Waals surface area contributed by atoms with Crippen LogP contribution in [0, 0.1) is 0 Å². The monoisotopic (exact) mass is 305 g/mol. The lowest BCUT2D eigenvalue weighted by Gasteiger charge is -2.05. The Kier molecular flexibility index (Phi) is 5.53. The highest BCUT2D eigenvalue weighted by atomic mass is 32.2. The summed E-state index contributed by atoms with van der Waals surface area (Å²) in [4.78, 5) is 22.6. The number of aromatic amines is 1. The molecule has 1 heterocycles. The molecule has 0 unspecified atom stereocenters. The van der Waals surface area contributed by atoms with Gasteiger partial charge in [-0.15, -0.1) is 0 Å². The molecular formula is C14H15N3O3S. The van der Waals surface area contributed by atoms with Crippen LogP contribution >= 0.6 is 11.8 Å². The maximum atomic E-state index is 11.6. The van der Waals surface area contributed by atoms with Crippen LogP contribution in [-0.4, -0.2) is 34.9 Å². The van der Waals surface area contributed by atoms with Gasteiger partial charge in [0.1, 0.15) is 0 Å². The topological polar surface area (TPSA) is 84.1 Å². The Morgan fingerprint density at radius 1 is 1.29 bits per heavy atom. The van der Waals surface area contributed by atoms with Crippen molar-refractivity contribution in [2.24, 2.45) is 0 Å². The van der Waals surface area contributed by atoms with Gasteiger partial charge in [-0.05, 0) is 18.2 Å². The molecular weight excluding hydrogens is 290 g/mol. The van der Waals surface area contributed by atoms with E-state index in [9.17, 15) is 9.59 Å². The molecule has 0 atom stereocenters. The third-order valence-corrected chi connectivity index (χ3v) is 3.36. The van der Waals surface area contributed by atoms with Gasteiger partial charge in [0.05, 0.1) is 12.3 Å². The van der Waals surface area contributed by atoms with Crippen molar-refractivity contribution in [3.63, 3.8) is 0 Å². The van der Waals surface area contributed by atoms with Crippen molar-refractivity contribution in [3.05, 3.63) is 46.8 Å². The number of carbonyl (C=O) groups is 1. The number of hydrogen-bond donors (Lipinski definition) is 2. The number of anilines is 1. The van der Waals surface area contributed by atoms with Gasteiger partial charge in [-0.3, -0.25) is 9.59 Å². The Bertz CT molecular complexity index is 635. The molecule has 0 aliphatic carbocycles. The van der Waals surface area contributed by atoms with E-state index in [1.165, 1.54) is 17.8 Å². The molecule has 0 aliphatic heterocycles. The Labute approximate surface area is 125 Å². The van der Waals surface area contributed by atoms with Crippen molar-refractivity contribution >= 4 is 22.7 Å². The summed E-state index contributed by atoms with van der Waals surface area (Å²) in [6, 6.07) is 10.3. The maximum absolute atomic E-state index is 11.6. The van der Waals surface area contributed by atoms with Crippen molar-refractivity contribution in [1.29, 1.82) is 0 Å². The van der Waals surface area contributed by atoms with E-state index in [2.05, 4.69) is 15.5 Å². The smallest absolute Gasteiger partial charge is 0.283 e. The van der Waals surface area contributed by atoms with E-state index in [1.807, 2.05) is 12.1 Å². The molecule has 0 radical (unpaired) electrons. The Morgan fingerprint density at radius 3 is 2.67 bits per heavy atom. The SMILES string of the molecule is COCCSC(=O)Nc1ccc(-c2ccc(=O)[nH]n2)cc1. The molecule has 6 nitrogen and oxygen atoms in total. The molecule has 1 amide bonds. The van der Waals surface area contributed by atoms with Gasteiger partial charge in [-0.2, -0.15) is 5.10 Å². The highest BCUT2D eigenvalue weighted by Crippen LogP contribution is 2.19. The normalized spacial score (nSPS) is 10.3. The maximum Gasteiger partial charge on any atom is 0.283 e. The summed E-state index contributed by atoms with van der Waals surface area (Å²) in [5.41, 5.74) is 1.99. The van der Waals surface area contributed by atoms with Crippen molar-refractivity contribution in [1.82, 2.24) is 10.2 Å². The lowest BCUT2D eigenvalue weighted by Crippen LogP contribution is -2.07. The highest BCUT2D eigenvalue weighted by molar-refractivity contribution is 8.13. The van der Waals surface area contributed by atoms with Crippen LogP contribution in [0.15, 0.2) is 41.2 Å². The minimum Gasteiger partial charge on any atom is -0.384 e. The number of benzene rings is 1. The van der Waals surface area contributed by atoms with Crippen LogP contribution in [0.4, 0.5) is 10.5 Å². The van der Waals surface area contributed by atoms with Crippen molar-refractivity contribution < 1.29 is 9.53 Å². The second-order valence-corrected chi connectivity index (χ2v) is 5.21. The molecule has 7 heteroatoms. The standard InChI is InChI=1S/C14H15N3O3S/c1-20-8-9-21-14(19)15-11-4-2-10(3-5-11)12-6-7-13(18)17-16-12/h2-7H,8-9H2,1H3,(H,15,19)(H,17,18). The number of carbonyl (C=O) groups excluding carboxylic acids is 1. The van der Waals surface area contributed by atoms with Gasteiger partial charge >= 0.3 is 0 Å². The predicted octanol–water partition coefficient (Wildman–Crippen LogP) is 2.35. The first-order chi connectivity index (χ1) is 10.2. The first-order valence-corrected chi connectivity index (χ1v) is 7.26. The lowest BCUT2D eigenvalue weighted by molar-refractivity contribution is 0.218. The second-order valence-electron chi connectivity index (χ2n) is 4.14. The molecule has 0 aliphatic rings. The van der Waals surface area contributed by atoms with E-state index in [0.717, 1.165) is 5.56 Å². The molecule has 1 aromatic heterocycles. The summed E-state index contributed by atoms with van der Waals surface area (Å²) in [5, 5.41) is 8.99. The number of hydrogen-bond acceptors (Lipinski definition) is 5. The van der Waals surface area contributed by atoms with Crippen LogP contribution in [0.25, 0.3) is 11.3 Å². The summed E-state index contributed by atoms with van der Waals surface area (Å²) < 4.78 is 4.88. The number of nitrogens with one attached hydrogen (secondary N) is 2. The van der Waals surface area contributed by atoms with Gasteiger partial charge < -0.3 is 10.1 Å². The average molecular weight is 305 g/mol. The Morgan fingerprint density at radius 2 is 2.05 bits per heavy atom. The van der Waals surface area contributed by atoms with Crippen molar-refractivity contribution in [3.8, 4) is 11.3 Å². The minimum absolute atomic E-state index is 0.123. The number of thioether (sulfide) groups is 1. The molecule has 2 aromatic rings. The first kappa shape index (κ1) is 15.3. The fourth-order valence-corrected chi connectivity index (χ4v) is 2.23. The number of aromatic nitrogens is 2. The van der Waals surface area contributed by atoms with E-state index in [-0.39, 0.29) is 10.8 Å². The molecule has 2 rings (SSSR count). The molecule has 1 aromatic carbocycles. The van der Waals surface area contributed by atoms with Crippen LogP contribution in [0.1, 0.15) is 0 Å². The number of methoxy groups -OCH3 is 1. The van der Waals surface area contributed by atoms with Gasteiger partial charge in [0.15, 0.2) is 0 Å². The quantitative estimate of drug-likeness (QED) is 0.828. The number of ether oxygens (including phenoxy) is 1. The lowest BCUT2D eigenvalue weighted by atomic mass is 10.1. The molecule has 0 saturated carbocycles. The van der Waals surface area contributed by atoms with E-state index in [4.69, 9.17) is 4.74 Å². The largest absolute Gasteiger partial charge is 0.384 e. The summed E-state index contributed by atoms with van der Waals surface area (Å²) in [6.07, 6.45) is 0. The Hall–Kier alpha value is -2.12. The van der Waals surface area contributed by atoms with Crippen molar-refractivity contribution in [2.75, 3.05) is 24.8 Å². The molecule has 0 fully saturated rings. The number of amides is 1. The zero-order valence-corrected chi connectivity index (χ0v) is 12.3.